The van der Waals surface area contributed by atoms with Gasteiger partial charge in [-0.15, -0.1) is 12.6 Å². The van der Waals surface area contributed by atoms with E-state index in [1.54, 1.807) is 24.3 Å². The van der Waals surface area contributed by atoms with E-state index in [4.69, 9.17) is 10.5 Å². The van der Waals surface area contributed by atoms with Gasteiger partial charge >= 0.3 is 0 Å². The van der Waals surface area contributed by atoms with Crippen LogP contribution in [0.2, 0.25) is 0 Å². The number of nitrogens with two attached hydrogens (primary N) is 1. The van der Waals surface area contributed by atoms with Crippen LogP contribution in [-0.4, -0.2) is 22.3 Å². The second kappa shape index (κ2) is 6.40. The van der Waals surface area contributed by atoms with Gasteiger partial charge in [0.05, 0.1) is 11.7 Å². The van der Waals surface area contributed by atoms with Crippen molar-refractivity contribution in [1.29, 1.82) is 10.5 Å². The SMILES string of the molecule is N#Cc1c(N)nc(S)c(C#N)c1-c1ccc(OC2CC(O)C2)cc1. The van der Waals surface area contributed by atoms with Crippen molar-refractivity contribution in [2.75, 3.05) is 5.73 Å². The Morgan fingerprint density at radius 3 is 2.33 bits per heavy atom. The first-order valence-corrected chi connectivity index (χ1v) is 7.76. The minimum atomic E-state index is -0.278. The number of ether oxygens (including phenoxy) is 1. The molecule has 120 valence electrons. The molecule has 1 saturated carbocycles. The van der Waals surface area contributed by atoms with Crippen molar-refractivity contribution in [1.82, 2.24) is 4.98 Å². The summed E-state index contributed by atoms with van der Waals surface area (Å²) in [4.78, 5) is 3.93. The highest BCUT2D eigenvalue weighted by Crippen LogP contribution is 2.34. The van der Waals surface area contributed by atoms with Crippen LogP contribution in [0, 0.1) is 22.7 Å². The average molecular weight is 338 g/mol. The Labute approximate surface area is 144 Å². The zero-order valence-electron chi connectivity index (χ0n) is 12.6. The van der Waals surface area contributed by atoms with Crippen LogP contribution in [0.15, 0.2) is 29.3 Å². The molecule has 0 aliphatic heterocycles. The lowest BCUT2D eigenvalue weighted by atomic mass is 9.92. The summed E-state index contributed by atoms with van der Waals surface area (Å²) < 4.78 is 5.73. The first-order valence-electron chi connectivity index (χ1n) is 7.31. The topological polar surface area (TPSA) is 116 Å². The molecule has 0 amide bonds. The summed E-state index contributed by atoms with van der Waals surface area (Å²) in [7, 11) is 0. The molecule has 1 aliphatic rings. The third kappa shape index (κ3) is 2.88. The van der Waals surface area contributed by atoms with E-state index >= 15 is 0 Å². The largest absolute Gasteiger partial charge is 0.490 e. The first kappa shape index (κ1) is 16.1. The Morgan fingerprint density at radius 2 is 1.79 bits per heavy atom. The molecule has 1 heterocycles. The Hall–Kier alpha value is -2.74. The molecule has 0 bridgehead atoms. The fourth-order valence-corrected chi connectivity index (χ4v) is 2.89. The van der Waals surface area contributed by atoms with Crippen molar-refractivity contribution < 1.29 is 9.84 Å². The van der Waals surface area contributed by atoms with Crippen LogP contribution >= 0.6 is 12.6 Å². The Morgan fingerprint density at radius 1 is 1.17 bits per heavy atom. The molecule has 3 N–H and O–H groups in total. The molecule has 1 aromatic heterocycles. The van der Waals surface area contributed by atoms with Gasteiger partial charge in [-0.1, -0.05) is 12.1 Å². The van der Waals surface area contributed by atoms with Gasteiger partial charge in [-0.05, 0) is 17.7 Å². The van der Waals surface area contributed by atoms with Crippen molar-refractivity contribution in [3.8, 4) is 29.0 Å². The zero-order valence-corrected chi connectivity index (χ0v) is 13.5. The van der Waals surface area contributed by atoms with Crippen molar-refractivity contribution in [2.45, 2.75) is 30.1 Å². The van der Waals surface area contributed by atoms with E-state index < -0.39 is 0 Å². The van der Waals surface area contributed by atoms with Crippen LogP contribution < -0.4 is 10.5 Å². The number of nitriles is 2. The van der Waals surface area contributed by atoms with Gasteiger partial charge in [0.2, 0.25) is 0 Å². The molecule has 0 atom stereocenters. The van der Waals surface area contributed by atoms with Gasteiger partial charge in [-0.2, -0.15) is 10.5 Å². The maximum Gasteiger partial charge on any atom is 0.143 e. The van der Waals surface area contributed by atoms with E-state index in [1.165, 1.54) is 0 Å². The first-order chi connectivity index (χ1) is 11.5. The molecule has 1 aromatic carbocycles. The molecule has 0 radical (unpaired) electrons. The predicted octanol–water partition coefficient (Wildman–Crippen LogP) is 2.26. The van der Waals surface area contributed by atoms with Gasteiger partial charge in [-0.3, -0.25) is 0 Å². The Kier molecular flexibility index (Phi) is 4.30. The number of aliphatic hydroxyl groups excluding tert-OH is 1. The quantitative estimate of drug-likeness (QED) is 0.739. The fourth-order valence-electron chi connectivity index (χ4n) is 2.63. The molecule has 24 heavy (non-hydrogen) atoms. The summed E-state index contributed by atoms with van der Waals surface area (Å²) in [5.41, 5.74) is 7.23. The number of benzene rings is 1. The lowest BCUT2D eigenvalue weighted by Gasteiger charge is -2.31. The van der Waals surface area contributed by atoms with E-state index in [1.807, 2.05) is 12.1 Å². The number of hydrogen-bond donors (Lipinski definition) is 3. The minimum Gasteiger partial charge on any atom is -0.490 e. The molecule has 3 rings (SSSR count). The van der Waals surface area contributed by atoms with Crippen LogP contribution in [0.5, 0.6) is 5.75 Å². The zero-order chi connectivity index (χ0) is 17.3. The van der Waals surface area contributed by atoms with E-state index in [-0.39, 0.29) is 34.2 Å². The predicted molar refractivity (Wildman–Crippen MR) is 90.4 cm³/mol. The van der Waals surface area contributed by atoms with Crippen LogP contribution in [-0.2, 0) is 0 Å². The number of pyridine rings is 1. The second-order valence-corrected chi connectivity index (χ2v) is 5.98. The highest BCUT2D eigenvalue weighted by molar-refractivity contribution is 7.80. The number of anilines is 1. The number of nitrogen functional groups attached to an aromatic ring is 1. The Balaban J connectivity index is 1.97. The normalized spacial score (nSPS) is 19.0. The maximum atomic E-state index is 9.37. The van der Waals surface area contributed by atoms with Gasteiger partial charge < -0.3 is 15.6 Å². The van der Waals surface area contributed by atoms with E-state index in [9.17, 15) is 15.6 Å². The van der Waals surface area contributed by atoms with Crippen molar-refractivity contribution >= 4 is 18.4 Å². The molecule has 0 spiro atoms. The van der Waals surface area contributed by atoms with Gasteiger partial charge in [0.25, 0.3) is 0 Å². The summed E-state index contributed by atoms with van der Waals surface area (Å²) in [6, 6.07) is 11.1. The summed E-state index contributed by atoms with van der Waals surface area (Å²) in [6.45, 7) is 0. The lowest BCUT2D eigenvalue weighted by molar-refractivity contribution is -0.0107. The molecule has 1 aliphatic carbocycles. The fraction of sp³-hybridized carbons (Fsp3) is 0.235. The monoisotopic (exact) mass is 338 g/mol. The number of nitrogens with zero attached hydrogens (tertiary/aromatic N) is 3. The van der Waals surface area contributed by atoms with Crippen molar-refractivity contribution in [3.63, 3.8) is 0 Å². The molecular weight excluding hydrogens is 324 g/mol. The number of aromatic nitrogens is 1. The third-order valence-corrected chi connectivity index (χ3v) is 4.27. The van der Waals surface area contributed by atoms with Crippen molar-refractivity contribution in [3.05, 3.63) is 35.4 Å². The molecule has 2 aromatic rings. The average Bonchev–Trinajstić information content (AvgIpc) is 2.53. The second-order valence-electron chi connectivity index (χ2n) is 5.56. The Bertz CT molecular complexity index is 824. The summed E-state index contributed by atoms with van der Waals surface area (Å²) in [6.07, 6.45) is 1.00. The summed E-state index contributed by atoms with van der Waals surface area (Å²) in [5.74, 6) is 0.709. The highest BCUT2D eigenvalue weighted by Gasteiger charge is 2.29. The molecule has 0 saturated heterocycles. The van der Waals surface area contributed by atoms with Crippen molar-refractivity contribution in [2.24, 2.45) is 0 Å². The number of aliphatic hydroxyl groups is 1. The number of thiol groups is 1. The van der Waals surface area contributed by atoms with Crippen LogP contribution in [0.1, 0.15) is 24.0 Å². The van der Waals surface area contributed by atoms with Gasteiger partial charge in [0.15, 0.2) is 0 Å². The van der Waals surface area contributed by atoms with Gasteiger partial charge in [0.1, 0.15) is 40.4 Å². The summed E-state index contributed by atoms with van der Waals surface area (Å²) >= 11 is 4.18. The maximum absolute atomic E-state index is 9.37. The smallest absolute Gasteiger partial charge is 0.143 e. The van der Waals surface area contributed by atoms with Crippen LogP contribution in [0.25, 0.3) is 11.1 Å². The molecule has 0 unspecified atom stereocenters. The number of hydrogen-bond acceptors (Lipinski definition) is 7. The highest BCUT2D eigenvalue weighted by atomic mass is 32.1. The standard InChI is InChI=1S/C17H14N4O2S/c18-7-13-15(14(8-19)17(24)21-16(13)20)9-1-3-11(4-2-9)23-12-5-10(22)6-12/h1-4,10,12,22H,5-6H2,(H3,20,21,24). The third-order valence-electron chi connectivity index (χ3n) is 3.95. The van der Waals surface area contributed by atoms with E-state index in [0.717, 1.165) is 0 Å². The van der Waals surface area contributed by atoms with Gasteiger partial charge in [0, 0.05) is 18.4 Å². The lowest BCUT2D eigenvalue weighted by Crippen LogP contribution is -2.37. The van der Waals surface area contributed by atoms with Crippen LogP contribution in [0.4, 0.5) is 5.82 Å². The van der Waals surface area contributed by atoms with Gasteiger partial charge in [-0.25, -0.2) is 4.98 Å². The minimum absolute atomic E-state index is 0.0239. The molecular formula is C17H14N4O2S. The van der Waals surface area contributed by atoms with Crippen LogP contribution in [0.3, 0.4) is 0 Å². The molecule has 1 fully saturated rings. The summed E-state index contributed by atoms with van der Waals surface area (Å²) in [5, 5.41) is 28.2. The molecule has 7 heteroatoms. The number of rotatable bonds is 3. The van der Waals surface area contributed by atoms with E-state index in [2.05, 4.69) is 17.6 Å². The molecule has 6 nitrogen and oxygen atoms in total. The van der Waals surface area contributed by atoms with E-state index in [0.29, 0.717) is 29.7 Å².